The number of aromatic nitrogens is 2. The van der Waals surface area contributed by atoms with Crippen molar-refractivity contribution in [3.8, 4) is 5.75 Å². The molecule has 0 saturated carbocycles. The van der Waals surface area contributed by atoms with Crippen LogP contribution in [0.15, 0.2) is 47.4 Å². The Morgan fingerprint density at radius 3 is 2.63 bits per heavy atom. The Kier molecular flexibility index (Phi) is 8.97. The van der Waals surface area contributed by atoms with Crippen molar-refractivity contribution in [3.63, 3.8) is 0 Å². The third kappa shape index (κ3) is 7.06. The van der Waals surface area contributed by atoms with Crippen LogP contribution in [0, 0.1) is 4.77 Å². The summed E-state index contributed by atoms with van der Waals surface area (Å²) in [4.78, 5) is 26.0. The molecule has 0 bridgehead atoms. The monoisotopic (exact) mass is 531 g/mol. The van der Waals surface area contributed by atoms with Crippen LogP contribution in [0.3, 0.4) is 0 Å². The molecule has 0 aliphatic carbocycles. The number of aliphatic hydroxyl groups is 1. The number of benzene rings is 1. The van der Waals surface area contributed by atoms with E-state index in [0.29, 0.717) is 0 Å². The van der Waals surface area contributed by atoms with Gasteiger partial charge in [0, 0.05) is 12.3 Å². The number of halogens is 1. The van der Waals surface area contributed by atoms with Crippen LogP contribution < -0.4 is 15.2 Å². The van der Waals surface area contributed by atoms with Crippen molar-refractivity contribution < 1.29 is 37.4 Å². The van der Waals surface area contributed by atoms with Crippen molar-refractivity contribution >= 4 is 25.9 Å². The van der Waals surface area contributed by atoms with E-state index in [0.717, 1.165) is 6.07 Å². The average Bonchev–Trinajstić information content (AvgIpc) is 3.06. The predicted molar refractivity (Wildman–Crippen MR) is 125 cm³/mol. The molecule has 3 N–H and O–H groups in total. The van der Waals surface area contributed by atoms with E-state index in [1.165, 1.54) is 29.8 Å². The van der Waals surface area contributed by atoms with E-state index in [-0.39, 0.29) is 10.5 Å². The van der Waals surface area contributed by atoms with Gasteiger partial charge < -0.3 is 19.1 Å². The van der Waals surface area contributed by atoms with E-state index in [1.54, 1.807) is 32.0 Å². The lowest BCUT2D eigenvalue weighted by atomic mass is 10.1. The molecule has 0 amide bonds. The van der Waals surface area contributed by atoms with Gasteiger partial charge in [-0.1, -0.05) is 18.2 Å². The van der Waals surface area contributed by atoms with Gasteiger partial charge in [-0.15, -0.1) is 0 Å². The number of H-pyrrole nitrogens is 1. The van der Waals surface area contributed by atoms with Crippen molar-refractivity contribution in [1.29, 1.82) is 0 Å². The number of nitrogens with one attached hydrogen (secondary N) is 2. The number of rotatable bonds is 10. The molecule has 1 unspecified atom stereocenters. The Labute approximate surface area is 205 Å². The molecule has 2 heterocycles. The van der Waals surface area contributed by atoms with Crippen LogP contribution in [0.4, 0.5) is 4.39 Å². The van der Waals surface area contributed by atoms with Crippen molar-refractivity contribution in [2.75, 3.05) is 6.61 Å². The Morgan fingerprint density at radius 2 is 2.00 bits per heavy atom. The van der Waals surface area contributed by atoms with Crippen LogP contribution in [0.2, 0.25) is 0 Å². The fourth-order valence-corrected chi connectivity index (χ4v) is 4.97. The molecule has 11 nitrogen and oxygen atoms in total. The maximum Gasteiger partial charge on any atom is 0.459 e. The SMILES string of the molecule is CC(C)OC(=O)[C@H](C)NP(=O)(OC[C@H]1O[C@@H](n2ccc(=O)[nH]c2=S)[C@@H](O)[C@H]1F)Oc1ccccc1. The Balaban J connectivity index is 1.75. The Hall–Kier alpha value is -2.41. The lowest BCUT2D eigenvalue weighted by molar-refractivity contribution is -0.149. The molecule has 14 heteroatoms. The van der Waals surface area contributed by atoms with E-state index < -0.39 is 62.6 Å². The first-order valence-corrected chi connectivity index (χ1v) is 12.7. The number of hydrogen-bond acceptors (Lipinski definition) is 9. The van der Waals surface area contributed by atoms with Gasteiger partial charge in [0.05, 0.1) is 12.7 Å². The molecular weight excluding hydrogens is 504 g/mol. The second-order valence-electron chi connectivity index (χ2n) is 8.05. The number of nitrogens with zero attached hydrogens (tertiary/aromatic N) is 1. The third-order valence-electron chi connectivity index (χ3n) is 4.85. The number of carbonyl (C=O) groups is 1. The lowest BCUT2D eigenvalue weighted by Crippen LogP contribution is -2.37. The molecule has 2 aromatic rings. The van der Waals surface area contributed by atoms with Gasteiger partial charge in [0.2, 0.25) is 0 Å². The second kappa shape index (κ2) is 11.5. The van der Waals surface area contributed by atoms with Gasteiger partial charge in [-0.05, 0) is 45.1 Å². The van der Waals surface area contributed by atoms with E-state index in [9.17, 15) is 23.7 Å². The van der Waals surface area contributed by atoms with Crippen LogP contribution in [-0.4, -0.2) is 57.8 Å². The number of carbonyl (C=O) groups excluding carboxylic acids is 1. The minimum atomic E-state index is -4.26. The van der Waals surface area contributed by atoms with Gasteiger partial charge in [0.25, 0.3) is 5.56 Å². The maximum atomic E-state index is 14.9. The molecule has 1 aromatic heterocycles. The summed E-state index contributed by atoms with van der Waals surface area (Å²) < 4.78 is 51.1. The van der Waals surface area contributed by atoms with Gasteiger partial charge >= 0.3 is 13.7 Å². The van der Waals surface area contributed by atoms with Crippen molar-refractivity contribution in [2.45, 2.75) is 57.5 Å². The third-order valence-corrected chi connectivity index (χ3v) is 6.80. The predicted octanol–water partition coefficient (Wildman–Crippen LogP) is 2.64. The van der Waals surface area contributed by atoms with Crippen LogP contribution in [-0.2, 0) is 23.4 Å². The first-order valence-electron chi connectivity index (χ1n) is 10.8. The first kappa shape index (κ1) is 27.2. The maximum absolute atomic E-state index is 14.9. The van der Waals surface area contributed by atoms with Crippen LogP contribution in [0.5, 0.6) is 5.75 Å². The van der Waals surface area contributed by atoms with Gasteiger partial charge in [0.15, 0.2) is 17.2 Å². The topological polar surface area (TPSA) is 141 Å². The smallest absolute Gasteiger partial charge is 0.459 e. The number of ether oxygens (including phenoxy) is 2. The van der Waals surface area contributed by atoms with Crippen LogP contribution in [0.1, 0.15) is 27.0 Å². The molecule has 0 spiro atoms. The zero-order valence-corrected chi connectivity index (χ0v) is 20.9. The normalized spacial score (nSPS) is 24.6. The number of aromatic amines is 1. The Morgan fingerprint density at radius 1 is 1.31 bits per heavy atom. The number of hydrogen-bond donors (Lipinski definition) is 3. The summed E-state index contributed by atoms with van der Waals surface area (Å²) in [5, 5.41) is 12.8. The fraction of sp³-hybridized carbons (Fsp3) is 0.476. The highest BCUT2D eigenvalue weighted by molar-refractivity contribution is 7.71. The highest BCUT2D eigenvalue weighted by Crippen LogP contribution is 2.46. The van der Waals surface area contributed by atoms with Crippen LogP contribution >= 0.6 is 20.0 Å². The average molecular weight is 531 g/mol. The minimum absolute atomic E-state index is 0.0763. The molecule has 1 aliphatic rings. The number of esters is 1. The molecule has 1 saturated heterocycles. The highest BCUT2D eigenvalue weighted by Gasteiger charge is 2.46. The lowest BCUT2D eigenvalue weighted by Gasteiger charge is -2.24. The summed E-state index contributed by atoms with van der Waals surface area (Å²) in [6, 6.07) is 8.11. The van der Waals surface area contributed by atoms with Crippen molar-refractivity contribution in [1.82, 2.24) is 14.6 Å². The summed E-state index contributed by atoms with van der Waals surface area (Å²) in [6.45, 7) is 4.14. The summed E-state index contributed by atoms with van der Waals surface area (Å²) >= 11 is 5.05. The summed E-state index contributed by atoms with van der Waals surface area (Å²) in [5.41, 5.74) is -0.467. The summed E-state index contributed by atoms with van der Waals surface area (Å²) in [7, 11) is -4.26. The summed E-state index contributed by atoms with van der Waals surface area (Å²) in [5.74, 6) is -0.516. The van der Waals surface area contributed by atoms with E-state index in [2.05, 4.69) is 10.1 Å². The molecule has 0 radical (unpaired) electrons. The van der Waals surface area contributed by atoms with Gasteiger partial charge in [-0.2, -0.15) is 5.09 Å². The van der Waals surface area contributed by atoms with Gasteiger partial charge in [-0.25, -0.2) is 8.96 Å². The quantitative estimate of drug-likeness (QED) is 0.238. The standard InChI is InChI=1S/C21H27FN3O8PS/c1-12(2)31-20(28)13(3)24-34(29,33-14-7-5-4-6-8-14)30-11-15-17(22)18(27)19(32-15)25-10-9-16(26)23-21(25)35/h4-10,12-13,15,17-19,27H,11H2,1-3H3,(H,24,29)(H,23,26,35)/t13-,15+,17-,18-,19+,34?/m0/s1. The van der Waals surface area contributed by atoms with E-state index in [4.69, 9.17) is 30.7 Å². The first-order chi connectivity index (χ1) is 16.5. The second-order valence-corrected chi connectivity index (χ2v) is 10.1. The van der Waals surface area contributed by atoms with Gasteiger partial charge in [-0.3, -0.25) is 23.7 Å². The molecular formula is C21H27FN3O8PS. The molecule has 1 aliphatic heterocycles. The van der Waals surface area contributed by atoms with Crippen molar-refractivity contribution in [3.05, 3.63) is 57.7 Å². The zero-order valence-electron chi connectivity index (χ0n) is 19.2. The van der Waals surface area contributed by atoms with Crippen LogP contribution in [0.25, 0.3) is 0 Å². The fourth-order valence-electron chi connectivity index (χ4n) is 3.21. The van der Waals surface area contributed by atoms with E-state index in [1.807, 2.05) is 0 Å². The number of aliphatic hydroxyl groups excluding tert-OH is 1. The molecule has 6 atom stereocenters. The number of para-hydroxylation sites is 1. The van der Waals surface area contributed by atoms with Gasteiger partial charge in [0.1, 0.15) is 24.0 Å². The Bertz CT molecular complexity index is 1180. The van der Waals surface area contributed by atoms with E-state index >= 15 is 0 Å². The molecule has 192 valence electrons. The zero-order chi connectivity index (χ0) is 25.8. The molecule has 1 fully saturated rings. The summed E-state index contributed by atoms with van der Waals surface area (Å²) in [6.07, 6.45) is -5.36. The minimum Gasteiger partial charge on any atom is -0.462 e. The number of alkyl halides is 1. The molecule has 3 rings (SSSR count). The largest absolute Gasteiger partial charge is 0.462 e. The highest BCUT2D eigenvalue weighted by atomic mass is 32.1. The van der Waals surface area contributed by atoms with Crippen molar-refractivity contribution in [2.24, 2.45) is 0 Å². The molecule has 35 heavy (non-hydrogen) atoms. The molecule has 1 aromatic carbocycles.